The number of nitrogens with zero attached hydrogens (tertiary/aromatic N) is 1. The molecule has 0 radical (unpaired) electrons. The minimum absolute atomic E-state index is 0.228. The molecule has 1 aromatic carbocycles. The van der Waals surface area contributed by atoms with Crippen molar-refractivity contribution in [1.29, 1.82) is 0 Å². The van der Waals surface area contributed by atoms with Gasteiger partial charge in [0.15, 0.2) is 0 Å². The van der Waals surface area contributed by atoms with Gasteiger partial charge in [-0.2, -0.15) is 13.2 Å². The van der Waals surface area contributed by atoms with E-state index < -0.39 is 40.0 Å². The Kier molecular flexibility index (Phi) is 6.16. The largest absolute Gasteiger partial charge is 0.417 e. The number of amides is 1. The lowest BCUT2D eigenvalue weighted by atomic mass is 9.86. The summed E-state index contributed by atoms with van der Waals surface area (Å²) in [4.78, 5) is 16.5. The van der Waals surface area contributed by atoms with Crippen LogP contribution in [0.2, 0.25) is 5.02 Å². The summed E-state index contributed by atoms with van der Waals surface area (Å²) in [6, 6.07) is 6.49. The number of rotatable bonds is 5. The molecule has 1 saturated carbocycles. The zero-order valence-corrected chi connectivity index (χ0v) is 16.1. The molecule has 1 amide bonds. The number of hydrogen-bond donors (Lipinski definition) is 3. The first-order chi connectivity index (χ1) is 13.7. The molecule has 156 valence electrons. The molecule has 5 nitrogen and oxygen atoms in total. The van der Waals surface area contributed by atoms with Crippen LogP contribution in [0.25, 0.3) is 0 Å². The molecule has 1 unspecified atom stereocenters. The predicted molar refractivity (Wildman–Crippen MR) is 100 cm³/mol. The standard InChI is InChI=1S/C20H20ClF3N2O3/c21-15-14(20(22,23)24)6-9-25-16(15)18(28)26-17(19(29)7-1-2-8-19)13-5-3-4-12(10-13)11-27/h3-6,9-10,17,27,29H,1-2,7-8,11H2,(H,26,28). The van der Waals surface area contributed by atoms with Crippen LogP contribution in [0.3, 0.4) is 0 Å². The molecule has 0 saturated heterocycles. The predicted octanol–water partition coefficient (Wildman–Crippen LogP) is 4.02. The Bertz CT molecular complexity index is 899. The van der Waals surface area contributed by atoms with E-state index in [1.807, 2.05) is 0 Å². The average molecular weight is 429 g/mol. The van der Waals surface area contributed by atoms with Crippen molar-refractivity contribution in [3.63, 3.8) is 0 Å². The van der Waals surface area contributed by atoms with Crippen LogP contribution in [0, 0.1) is 0 Å². The second kappa shape index (κ2) is 8.30. The monoisotopic (exact) mass is 428 g/mol. The topological polar surface area (TPSA) is 82.5 Å². The third-order valence-electron chi connectivity index (χ3n) is 5.16. The van der Waals surface area contributed by atoms with E-state index in [4.69, 9.17) is 11.6 Å². The van der Waals surface area contributed by atoms with Crippen LogP contribution in [-0.2, 0) is 12.8 Å². The number of pyridine rings is 1. The van der Waals surface area contributed by atoms with Crippen LogP contribution in [0.1, 0.15) is 58.9 Å². The highest BCUT2D eigenvalue weighted by Crippen LogP contribution is 2.41. The molecule has 0 spiro atoms. The molecule has 0 bridgehead atoms. The fourth-order valence-corrected chi connectivity index (χ4v) is 4.00. The minimum Gasteiger partial charge on any atom is -0.392 e. The maximum atomic E-state index is 13.1. The van der Waals surface area contributed by atoms with E-state index >= 15 is 0 Å². The Morgan fingerprint density at radius 1 is 1.28 bits per heavy atom. The van der Waals surface area contributed by atoms with E-state index in [1.54, 1.807) is 24.3 Å². The lowest BCUT2D eigenvalue weighted by Crippen LogP contribution is -2.44. The molecular formula is C20H20ClF3N2O3. The highest BCUT2D eigenvalue weighted by Gasteiger charge is 2.42. The van der Waals surface area contributed by atoms with Gasteiger partial charge in [-0.1, -0.05) is 48.7 Å². The molecule has 1 aliphatic rings. The molecule has 1 aromatic heterocycles. The Hall–Kier alpha value is -2.16. The molecule has 9 heteroatoms. The summed E-state index contributed by atoms with van der Waals surface area (Å²) in [5, 5.41) is 22.3. The van der Waals surface area contributed by atoms with Gasteiger partial charge in [-0.05, 0) is 30.0 Å². The van der Waals surface area contributed by atoms with Gasteiger partial charge in [0, 0.05) is 6.20 Å². The van der Waals surface area contributed by atoms with Gasteiger partial charge in [-0.3, -0.25) is 4.79 Å². The van der Waals surface area contributed by atoms with Gasteiger partial charge in [-0.15, -0.1) is 0 Å². The molecule has 1 aliphatic carbocycles. The molecule has 1 fully saturated rings. The summed E-state index contributed by atoms with van der Waals surface area (Å²) < 4.78 is 39.3. The maximum Gasteiger partial charge on any atom is 0.417 e. The van der Waals surface area contributed by atoms with Crippen molar-refractivity contribution in [2.45, 2.75) is 50.1 Å². The first-order valence-corrected chi connectivity index (χ1v) is 9.48. The number of aromatic nitrogens is 1. The molecular weight excluding hydrogens is 409 g/mol. The van der Waals surface area contributed by atoms with Crippen LogP contribution < -0.4 is 5.32 Å². The fraction of sp³-hybridized carbons (Fsp3) is 0.400. The van der Waals surface area contributed by atoms with E-state index in [9.17, 15) is 28.2 Å². The number of carbonyl (C=O) groups excluding carboxylic acids is 1. The third-order valence-corrected chi connectivity index (χ3v) is 5.54. The highest BCUT2D eigenvalue weighted by molar-refractivity contribution is 6.34. The summed E-state index contributed by atoms with van der Waals surface area (Å²) in [7, 11) is 0. The summed E-state index contributed by atoms with van der Waals surface area (Å²) in [5.41, 5.74) is -1.86. The number of halogens is 4. The number of nitrogens with one attached hydrogen (secondary N) is 1. The molecule has 29 heavy (non-hydrogen) atoms. The number of aliphatic hydroxyl groups excluding tert-OH is 1. The minimum atomic E-state index is -4.73. The van der Waals surface area contributed by atoms with Crippen molar-refractivity contribution in [3.05, 3.63) is 63.9 Å². The van der Waals surface area contributed by atoms with Crippen molar-refractivity contribution in [2.75, 3.05) is 0 Å². The van der Waals surface area contributed by atoms with Gasteiger partial charge in [-0.25, -0.2) is 4.98 Å². The highest BCUT2D eigenvalue weighted by atomic mass is 35.5. The van der Waals surface area contributed by atoms with Crippen molar-refractivity contribution < 1.29 is 28.2 Å². The maximum absolute atomic E-state index is 13.1. The van der Waals surface area contributed by atoms with Gasteiger partial charge in [0.25, 0.3) is 5.91 Å². The smallest absolute Gasteiger partial charge is 0.392 e. The summed E-state index contributed by atoms with van der Waals surface area (Å²) >= 11 is 5.82. The van der Waals surface area contributed by atoms with E-state index in [0.29, 0.717) is 30.0 Å². The molecule has 2 aromatic rings. The van der Waals surface area contributed by atoms with Crippen LogP contribution in [0.15, 0.2) is 36.5 Å². The summed E-state index contributed by atoms with van der Waals surface area (Å²) in [6.07, 6.45) is -1.50. The van der Waals surface area contributed by atoms with Gasteiger partial charge in [0.1, 0.15) is 5.69 Å². The van der Waals surface area contributed by atoms with Crippen molar-refractivity contribution >= 4 is 17.5 Å². The zero-order valence-electron chi connectivity index (χ0n) is 15.3. The second-order valence-corrected chi connectivity index (χ2v) is 7.52. The van der Waals surface area contributed by atoms with Gasteiger partial charge < -0.3 is 15.5 Å². The molecule has 3 N–H and O–H groups in total. The lowest BCUT2D eigenvalue weighted by molar-refractivity contribution is -0.137. The van der Waals surface area contributed by atoms with Gasteiger partial charge >= 0.3 is 6.18 Å². The number of alkyl halides is 3. The normalized spacial score (nSPS) is 17.2. The first kappa shape index (κ1) is 21.5. The molecule has 1 heterocycles. The van der Waals surface area contributed by atoms with E-state index in [0.717, 1.165) is 19.0 Å². The quantitative estimate of drug-likeness (QED) is 0.671. The van der Waals surface area contributed by atoms with E-state index in [1.165, 1.54) is 0 Å². The Labute approximate surface area is 170 Å². The number of aliphatic hydroxyl groups is 2. The van der Waals surface area contributed by atoms with Crippen molar-refractivity contribution in [3.8, 4) is 0 Å². The number of carbonyl (C=O) groups is 1. The lowest BCUT2D eigenvalue weighted by Gasteiger charge is -2.34. The summed E-state index contributed by atoms with van der Waals surface area (Å²) in [5.74, 6) is -0.916. The van der Waals surface area contributed by atoms with Crippen molar-refractivity contribution in [2.24, 2.45) is 0 Å². The fourth-order valence-electron chi connectivity index (χ4n) is 3.70. The Morgan fingerprint density at radius 2 is 1.97 bits per heavy atom. The number of hydrogen-bond acceptors (Lipinski definition) is 4. The SMILES string of the molecule is O=C(NC(c1cccc(CO)c1)C1(O)CCCC1)c1nccc(C(F)(F)F)c1Cl. The van der Waals surface area contributed by atoms with Gasteiger partial charge in [0.2, 0.25) is 0 Å². The Balaban J connectivity index is 1.97. The van der Waals surface area contributed by atoms with Crippen molar-refractivity contribution in [1.82, 2.24) is 10.3 Å². The Morgan fingerprint density at radius 3 is 2.59 bits per heavy atom. The molecule has 0 aliphatic heterocycles. The summed E-state index contributed by atoms with van der Waals surface area (Å²) in [6.45, 7) is -0.228. The second-order valence-electron chi connectivity index (χ2n) is 7.14. The van der Waals surface area contributed by atoms with Crippen LogP contribution in [0.4, 0.5) is 13.2 Å². The third kappa shape index (κ3) is 4.55. The van der Waals surface area contributed by atoms with E-state index in [2.05, 4.69) is 10.3 Å². The molecule has 1 atom stereocenters. The first-order valence-electron chi connectivity index (χ1n) is 9.10. The van der Waals surface area contributed by atoms with Gasteiger partial charge in [0.05, 0.1) is 28.8 Å². The average Bonchev–Trinajstić information content (AvgIpc) is 3.12. The van der Waals surface area contributed by atoms with Crippen LogP contribution in [0.5, 0.6) is 0 Å². The van der Waals surface area contributed by atoms with E-state index in [-0.39, 0.29) is 6.61 Å². The number of benzene rings is 1. The molecule has 3 rings (SSSR count). The zero-order chi connectivity index (χ0) is 21.2. The van der Waals surface area contributed by atoms with Crippen LogP contribution >= 0.6 is 11.6 Å². The van der Waals surface area contributed by atoms with Crippen LogP contribution in [-0.4, -0.2) is 26.7 Å².